The number of nitrogens with zero attached hydrogens (tertiary/aromatic N) is 4. The van der Waals surface area contributed by atoms with Crippen molar-refractivity contribution in [3.63, 3.8) is 0 Å². The number of aromatic nitrogens is 3. The van der Waals surface area contributed by atoms with Gasteiger partial charge in [0.1, 0.15) is 18.1 Å². The molecule has 30 heavy (non-hydrogen) atoms. The number of para-hydroxylation sites is 1. The molecule has 0 aliphatic rings. The summed E-state index contributed by atoms with van der Waals surface area (Å²) in [5, 5.41) is 10.5. The minimum absolute atomic E-state index is 0. The van der Waals surface area contributed by atoms with Crippen LogP contribution in [0.15, 0.2) is 70.8 Å². The second kappa shape index (κ2) is 12.6. The number of halogens is 1. The van der Waals surface area contributed by atoms with Crippen LogP contribution in [0.3, 0.4) is 0 Å². The van der Waals surface area contributed by atoms with E-state index in [1.807, 2.05) is 42.5 Å². The molecular weight excluding hydrogens is 495 g/mol. The van der Waals surface area contributed by atoms with Gasteiger partial charge in [-0.1, -0.05) is 42.1 Å². The van der Waals surface area contributed by atoms with Gasteiger partial charge < -0.3 is 19.9 Å². The van der Waals surface area contributed by atoms with Crippen molar-refractivity contribution < 1.29 is 9.26 Å². The van der Waals surface area contributed by atoms with Crippen LogP contribution in [0.4, 0.5) is 0 Å². The minimum atomic E-state index is 0. The molecule has 3 rings (SSSR count). The van der Waals surface area contributed by atoms with Crippen LogP contribution in [0, 0.1) is 0 Å². The predicted molar refractivity (Wildman–Crippen MR) is 127 cm³/mol. The molecule has 0 amide bonds. The van der Waals surface area contributed by atoms with Gasteiger partial charge in [-0.2, -0.15) is 4.98 Å². The molecule has 9 heteroatoms. The van der Waals surface area contributed by atoms with Crippen molar-refractivity contribution in [2.24, 2.45) is 4.99 Å². The lowest BCUT2D eigenvalue weighted by Crippen LogP contribution is -2.38. The maximum atomic E-state index is 5.68. The summed E-state index contributed by atoms with van der Waals surface area (Å²) in [5.41, 5.74) is 1.70. The zero-order chi connectivity index (χ0) is 20.3. The van der Waals surface area contributed by atoms with E-state index in [9.17, 15) is 0 Å². The zero-order valence-corrected chi connectivity index (χ0v) is 19.1. The Bertz CT molecular complexity index is 945. The fourth-order valence-electron chi connectivity index (χ4n) is 2.58. The van der Waals surface area contributed by atoms with Gasteiger partial charge in [-0.05, 0) is 18.2 Å². The molecule has 0 bridgehead atoms. The van der Waals surface area contributed by atoms with Crippen molar-refractivity contribution in [3.05, 3.63) is 72.7 Å². The van der Waals surface area contributed by atoms with Gasteiger partial charge in [0.05, 0.1) is 0 Å². The predicted octanol–water partition coefficient (Wildman–Crippen LogP) is 3.22. The van der Waals surface area contributed by atoms with E-state index in [-0.39, 0.29) is 24.0 Å². The first-order chi connectivity index (χ1) is 14.3. The molecule has 0 unspecified atom stereocenters. The first-order valence-corrected chi connectivity index (χ1v) is 9.30. The third kappa shape index (κ3) is 6.83. The molecule has 0 aliphatic heterocycles. The molecule has 0 saturated carbocycles. The number of hydrogen-bond donors (Lipinski definition) is 2. The maximum Gasteiger partial charge on any atom is 0.276 e. The molecule has 2 aromatic heterocycles. The summed E-state index contributed by atoms with van der Waals surface area (Å²) in [6, 6.07) is 13.4. The average molecular weight is 520 g/mol. The highest BCUT2D eigenvalue weighted by molar-refractivity contribution is 14.0. The summed E-state index contributed by atoms with van der Waals surface area (Å²) >= 11 is 0. The number of hydrogen-bond acceptors (Lipinski definition) is 6. The number of ether oxygens (including phenoxy) is 1. The Morgan fingerprint density at radius 1 is 1.20 bits per heavy atom. The second-order valence-electron chi connectivity index (χ2n) is 6.04. The van der Waals surface area contributed by atoms with Crippen LogP contribution in [0.5, 0.6) is 5.75 Å². The SMILES string of the molecule is C=CCOc1ccccc1CNC(=NC)NCCc1noc(-c2ccccn2)n1.I. The van der Waals surface area contributed by atoms with Crippen LogP contribution in [0.1, 0.15) is 11.4 Å². The smallest absolute Gasteiger partial charge is 0.276 e. The number of pyridine rings is 1. The van der Waals surface area contributed by atoms with Gasteiger partial charge in [-0.25, -0.2) is 0 Å². The molecule has 0 spiro atoms. The Balaban J connectivity index is 0.00000320. The zero-order valence-electron chi connectivity index (χ0n) is 16.7. The van der Waals surface area contributed by atoms with E-state index in [0.717, 1.165) is 11.3 Å². The number of guanidine groups is 1. The van der Waals surface area contributed by atoms with E-state index in [1.54, 1.807) is 19.3 Å². The van der Waals surface area contributed by atoms with Crippen LogP contribution in [0.25, 0.3) is 11.6 Å². The van der Waals surface area contributed by atoms with Crippen LogP contribution >= 0.6 is 24.0 Å². The van der Waals surface area contributed by atoms with Crippen LogP contribution < -0.4 is 15.4 Å². The topological polar surface area (TPSA) is 97.5 Å². The van der Waals surface area contributed by atoms with Gasteiger partial charge in [-0.15, -0.1) is 24.0 Å². The Morgan fingerprint density at radius 3 is 2.80 bits per heavy atom. The molecule has 2 N–H and O–H groups in total. The van der Waals surface area contributed by atoms with Crippen molar-refractivity contribution in [1.29, 1.82) is 0 Å². The summed E-state index contributed by atoms with van der Waals surface area (Å²) in [5.74, 6) is 2.53. The molecule has 158 valence electrons. The Morgan fingerprint density at radius 2 is 2.03 bits per heavy atom. The van der Waals surface area contributed by atoms with E-state index in [1.165, 1.54) is 0 Å². The highest BCUT2D eigenvalue weighted by Crippen LogP contribution is 2.17. The first kappa shape index (κ1) is 23.3. The summed E-state index contributed by atoms with van der Waals surface area (Å²) in [4.78, 5) is 12.8. The number of nitrogens with one attached hydrogen (secondary N) is 2. The van der Waals surface area contributed by atoms with E-state index in [4.69, 9.17) is 9.26 Å². The van der Waals surface area contributed by atoms with Gasteiger partial charge in [-0.3, -0.25) is 9.98 Å². The standard InChI is InChI=1S/C21H24N6O2.HI/c1-3-14-28-18-10-5-4-8-16(18)15-25-21(22-2)24-13-11-19-26-20(29-27-19)17-9-6-7-12-23-17;/h3-10,12H,1,11,13-15H2,2H3,(H2,22,24,25);1H. The Kier molecular flexibility index (Phi) is 9.78. The third-order valence-electron chi connectivity index (χ3n) is 3.99. The second-order valence-corrected chi connectivity index (χ2v) is 6.04. The van der Waals surface area contributed by atoms with Crippen LogP contribution in [-0.2, 0) is 13.0 Å². The number of rotatable bonds is 9. The first-order valence-electron chi connectivity index (χ1n) is 9.30. The molecule has 3 aromatic rings. The van der Waals surface area contributed by atoms with Crippen molar-refractivity contribution in [2.45, 2.75) is 13.0 Å². The molecule has 0 fully saturated rings. The fourth-order valence-corrected chi connectivity index (χ4v) is 2.58. The monoisotopic (exact) mass is 520 g/mol. The highest BCUT2D eigenvalue weighted by atomic mass is 127. The van der Waals surface area contributed by atoms with Gasteiger partial charge in [0.15, 0.2) is 11.8 Å². The fraction of sp³-hybridized carbons (Fsp3) is 0.238. The highest BCUT2D eigenvalue weighted by Gasteiger charge is 2.10. The van der Waals surface area contributed by atoms with E-state index < -0.39 is 0 Å². The van der Waals surface area contributed by atoms with Crippen molar-refractivity contribution >= 4 is 29.9 Å². The quantitative estimate of drug-likeness (QED) is 0.194. The molecule has 0 aliphatic carbocycles. The Hall–Kier alpha value is -2.95. The molecule has 8 nitrogen and oxygen atoms in total. The van der Waals surface area contributed by atoms with Crippen molar-refractivity contribution in [3.8, 4) is 17.3 Å². The normalized spacial score (nSPS) is 10.8. The number of aliphatic imine (C=N–C) groups is 1. The lowest BCUT2D eigenvalue weighted by molar-refractivity contribution is 0.358. The summed E-state index contributed by atoms with van der Waals surface area (Å²) in [7, 11) is 1.73. The lowest BCUT2D eigenvalue weighted by Gasteiger charge is -2.14. The summed E-state index contributed by atoms with van der Waals surface area (Å²) in [6.07, 6.45) is 4.01. The minimum Gasteiger partial charge on any atom is -0.489 e. The van der Waals surface area contributed by atoms with Gasteiger partial charge in [0.2, 0.25) is 0 Å². The van der Waals surface area contributed by atoms with Crippen LogP contribution in [0.2, 0.25) is 0 Å². The molecule has 0 atom stereocenters. The Labute approximate surface area is 192 Å². The van der Waals surface area contributed by atoms with Gasteiger partial charge >= 0.3 is 0 Å². The largest absolute Gasteiger partial charge is 0.489 e. The van der Waals surface area contributed by atoms with E-state index >= 15 is 0 Å². The van der Waals surface area contributed by atoms with E-state index in [0.29, 0.717) is 49.5 Å². The summed E-state index contributed by atoms with van der Waals surface area (Å²) in [6.45, 7) is 5.34. The van der Waals surface area contributed by atoms with E-state index in [2.05, 4.69) is 37.3 Å². The third-order valence-corrected chi connectivity index (χ3v) is 3.99. The molecule has 0 radical (unpaired) electrons. The summed E-state index contributed by atoms with van der Waals surface area (Å²) < 4.78 is 10.9. The van der Waals surface area contributed by atoms with Crippen LogP contribution in [-0.4, -0.2) is 41.3 Å². The van der Waals surface area contributed by atoms with Gasteiger partial charge in [0.25, 0.3) is 5.89 Å². The van der Waals surface area contributed by atoms with Crippen molar-refractivity contribution in [2.75, 3.05) is 20.2 Å². The molecule has 2 heterocycles. The lowest BCUT2D eigenvalue weighted by atomic mass is 10.2. The maximum absolute atomic E-state index is 5.68. The molecular formula is C21H25IN6O2. The molecule has 1 aromatic carbocycles. The van der Waals surface area contributed by atoms with Gasteiger partial charge in [0, 0.05) is 38.3 Å². The number of benzene rings is 1. The van der Waals surface area contributed by atoms with Crippen molar-refractivity contribution in [1.82, 2.24) is 25.8 Å². The molecule has 0 saturated heterocycles. The average Bonchev–Trinajstić information content (AvgIpc) is 3.25.